The molecule has 3 rings (SSSR count). The number of para-hydroxylation sites is 2. The van der Waals surface area contributed by atoms with Crippen LogP contribution < -0.4 is 10.1 Å². The van der Waals surface area contributed by atoms with Crippen LogP contribution in [0.4, 0.5) is 18.9 Å². The number of alkyl halides is 3. The van der Waals surface area contributed by atoms with Gasteiger partial charge in [0, 0.05) is 5.56 Å². The molecule has 1 N–H and O–H groups in total. The number of hydrogen-bond acceptors (Lipinski definition) is 2. The minimum Gasteiger partial charge on any atom is -0.474 e. The van der Waals surface area contributed by atoms with Gasteiger partial charge < -0.3 is 10.1 Å². The second-order valence-corrected chi connectivity index (χ2v) is 4.60. The number of hydrogen-bond donors (Lipinski definition) is 1. The highest BCUT2D eigenvalue weighted by Gasteiger charge is 2.32. The molecule has 1 unspecified atom stereocenters. The van der Waals surface area contributed by atoms with Gasteiger partial charge in [0.1, 0.15) is 5.75 Å². The average Bonchev–Trinajstić information content (AvgIpc) is 2.46. The molecular formula is C15H10F3NO2. The van der Waals surface area contributed by atoms with E-state index in [-0.39, 0.29) is 0 Å². The van der Waals surface area contributed by atoms with Crippen molar-refractivity contribution in [1.29, 1.82) is 0 Å². The zero-order valence-corrected chi connectivity index (χ0v) is 10.6. The third-order valence-corrected chi connectivity index (χ3v) is 3.17. The lowest BCUT2D eigenvalue weighted by molar-refractivity contribution is -0.137. The zero-order chi connectivity index (χ0) is 15.0. The van der Waals surface area contributed by atoms with Crippen LogP contribution >= 0.6 is 0 Å². The van der Waals surface area contributed by atoms with Crippen LogP contribution in [0.15, 0.2) is 48.5 Å². The summed E-state index contributed by atoms with van der Waals surface area (Å²) in [4.78, 5) is 12.0. The van der Waals surface area contributed by atoms with E-state index in [0.717, 1.165) is 12.1 Å². The third-order valence-electron chi connectivity index (χ3n) is 3.17. The summed E-state index contributed by atoms with van der Waals surface area (Å²) in [5.74, 6) is 0.0791. The van der Waals surface area contributed by atoms with E-state index in [1.807, 2.05) is 0 Å². The SMILES string of the molecule is O=C1Nc2ccccc2OC1c1ccc(C(F)(F)F)cc1. The fourth-order valence-electron chi connectivity index (χ4n) is 2.12. The van der Waals surface area contributed by atoms with Gasteiger partial charge in [0.25, 0.3) is 5.91 Å². The Kier molecular flexibility index (Phi) is 3.08. The van der Waals surface area contributed by atoms with Crippen LogP contribution in [0.5, 0.6) is 5.75 Å². The fraction of sp³-hybridized carbons (Fsp3) is 0.133. The van der Waals surface area contributed by atoms with Gasteiger partial charge in [0.2, 0.25) is 6.10 Å². The van der Waals surface area contributed by atoms with Crippen molar-refractivity contribution in [2.24, 2.45) is 0 Å². The summed E-state index contributed by atoms with van der Waals surface area (Å²) >= 11 is 0. The number of benzene rings is 2. The van der Waals surface area contributed by atoms with Gasteiger partial charge >= 0.3 is 6.18 Å². The van der Waals surface area contributed by atoms with Crippen molar-refractivity contribution in [2.75, 3.05) is 5.32 Å². The van der Waals surface area contributed by atoms with E-state index in [1.165, 1.54) is 12.1 Å². The van der Waals surface area contributed by atoms with Crippen LogP contribution in [-0.4, -0.2) is 5.91 Å². The van der Waals surface area contributed by atoms with E-state index in [1.54, 1.807) is 24.3 Å². The van der Waals surface area contributed by atoms with Gasteiger partial charge in [-0.25, -0.2) is 0 Å². The number of amides is 1. The number of rotatable bonds is 1. The summed E-state index contributed by atoms with van der Waals surface area (Å²) in [6.07, 6.45) is -5.36. The lowest BCUT2D eigenvalue weighted by atomic mass is 10.0. The molecule has 21 heavy (non-hydrogen) atoms. The highest BCUT2D eigenvalue weighted by molar-refractivity contribution is 5.98. The van der Waals surface area contributed by atoms with Crippen molar-refractivity contribution in [1.82, 2.24) is 0 Å². The van der Waals surface area contributed by atoms with Crippen molar-refractivity contribution in [3.8, 4) is 5.75 Å². The quantitative estimate of drug-likeness (QED) is 0.869. The summed E-state index contributed by atoms with van der Waals surface area (Å²) in [5, 5.41) is 2.67. The first kappa shape index (κ1) is 13.5. The van der Waals surface area contributed by atoms with Crippen molar-refractivity contribution in [3.05, 3.63) is 59.7 Å². The van der Waals surface area contributed by atoms with Crippen LogP contribution in [0, 0.1) is 0 Å². The summed E-state index contributed by atoms with van der Waals surface area (Å²) in [5.41, 5.74) is 0.156. The monoisotopic (exact) mass is 293 g/mol. The number of fused-ring (bicyclic) bond motifs is 1. The Morgan fingerprint density at radius 3 is 2.33 bits per heavy atom. The topological polar surface area (TPSA) is 38.3 Å². The summed E-state index contributed by atoms with van der Waals surface area (Å²) in [6, 6.07) is 11.3. The lowest BCUT2D eigenvalue weighted by Gasteiger charge is -2.26. The average molecular weight is 293 g/mol. The van der Waals surface area contributed by atoms with Gasteiger partial charge in [-0.15, -0.1) is 0 Å². The lowest BCUT2D eigenvalue weighted by Crippen LogP contribution is -2.30. The van der Waals surface area contributed by atoms with Gasteiger partial charge in [0.05, 0.1) is 11.3 Å². The molecule has 0 fully saturated rings. The molecule has 2 aromatic carbocycles. The molecule has 1 atom stereocenters. The number of nitrogens with one attached hydrogen (secondary N) is 1. The van der Waals surface area contributed by atoms with Gasteiger partial charge in [-0.1, -0.05) is 24.3 Å². The molecular weight excluding hydrogens is 283 g/mol. The third kappa shape index (κ3) is 2.56. The maximum Gasteiger partial charge on any atom is 0.416 e. The molecule has 0 aliphatic carbocycles. The molecule has 0 saturated heterocycles. The van der Waals surface area contributed by atoms with E-state index < -0.39 is 23.8 Å². The standard InChI is InChI=1S/C15H10F3NO2/c16-15(17,18)10-7-5-9(6-8-10)13-14(20)19-11-3-1-2-4-12(11)21-13/h1-8,13H,(H,19,20). The van der Waals surface area contributed by atoms with Crippen LogP contribution in [0.1, 0.15) is 17.2 Å². The molecule has 1 amide bonds. The van der Waals surface area contributed by atoms with Gasteiger partial charge in [-0.3, -0.25) is 4.79 Å². The Hall–Kier alpha value is -2.50. The number of carbonyl (C=O) groups is 1. The molecule has 1 aliphatic heterocycles. The number of halogens is 3. The summed E-state index contributed by atoms with van der Waals surface area (Å²) < 4.78 is 43.1. The van der Waals surface area contributed by atoms with Crippen LogP contribution in [0.3, 0.4) is 0 Å². The number of ether oxygens (including phenoxy) is 1. The molecule has 0 spiro atoms. The maximum atomic E-state index is 12.5. The largest absolute Gasteiger partial charge is 0.474 e. The fourth-order valence-corrected chi connectivity index (χ4v) is 2.12. The normalized spacial score (nSPS) is 17.7. The van der Waals surface area contributed by atoms with E-state index in [9.17, 15) is 18.0 Å². The highest BCUT2D eigenvalue weighted by atomic mass is 19.4. The van der Waals surface area contributed by atoms with Gasteiger partial charge in [0.15, 0.2) is 0 Å². The van der Waals surface area contributed by atoms with Crippen molar-refractivity contribution >= 4 is 11.6 Å². The number of anilines is 1. The molecule has 6 heteroatoms. The zero-order valence-electron chi connectivity index (χ0n) is 10.6. The van der Waals surface area contributed by atoms with Crippen molar-refractivity contribution < 1.29 is 22.7 Å². The smallest absolute Gasteiger partial charge is 0.416 e. The molecule has 0 radical (unpaired) electrons. The summed E-state index contributed by atoms with van der Waals surface area (Å²) in [7, 11) is 0. The molecule has 3 nitrogen and oxygen atoms in total. The first-order valence-electron chi connectivity index (χ1n) is 6.19. The molecule has 108 valence electrons. The maximum absolute atomic E-state index is 12.5. The molecule has 0 saturated carbocycles. The van der Waals surface area contributed by atoms with Gasteiger partial charge in [-0.2, -0.15) is 13.2 Å². The minimum atomic E-state index is -4.40. The predicted molar refractivity (Wildman–Crippen MR) is 69.9 cm³/mol. The Labute approximate surface area is 118 Å². The molecule has 1 aliphatic rings. The Bertz CT molecular complexity index is 680. The molecule has 0 bridgehead atoms. The Morgan fingerprint density at radius 2 is 1.67 bits per heavy atom. The number of carbonyl (C=O) groups excluding carboxylic acids is 1. The molecule has 0 aromatic heterocycles. The van der Waals surface area contributed by atoms with Crippen LogP contribution in [0.2, 0.25) is 0 Å². The molecule has 1 heterocycles. The minimum absolute atomic E-state index is 0.370. The Morgan fingerprint density at radius 1 is 1.00 bits per heavy atom. The molecule has 2 aromatic rings. The van der Waals surface area contributed by atoms with E-state index in [0.29, 0.717) is 17.0 Å². The first-order valence-corrected chi connectivity index (χ1v) is 6.19. The van der Waals surface area contributed by atoms with Crippen molar-refractivity contribution in [3.63, 3.8) is 0 Å². The second-order valence-electron chi connectivity index (χ2n) is 4.60. The van der Waals surface area contributed by atoms with E-state index in [4.69, 9.17) is 4.74 Å². The highest BCUT2D eigenvalue weighted by Crippen LogP contribution is 2.35. The van der Waals surface area contributed by atoms with Crippen molar-refractivity contribution in [2.45, 2.75) is 12.3 Å². The van der Waals surface area contributed by atoms with Crippen LogP contribution in [-0.2, 0) is 11.0 Å². The Balaban J connectivity index is 1.89. The van der Waals surface area contributed by atoms with E-state index >= 15 is 0 Å². The second kappa shape index (κ2) is 4.80. The van der Waals surface area contributed by atoms with Gasteiger partial charge in [-0.05, 0) is 24.3 Å². The van der Waals surface area contributed by atoms with Crippen LogP contribution in [0.25, 0.3) is 0 Å². The predicted octanol–water partition coefficient (Wildman–Crippen LogP) is 3.78. The first-order chi connectivity index (χ1) is 9.95. The summed E-state index contributed by atoms with van der Waals surface area (Å²) in [6.45, 7) is 0. The van der Waals surface area contributed by atoms with E-state index in [2.05, 4.69) is 5.32 Å².